The number of aliphatic hydroxyl groups is 2. The number of carboxylic acid groups (broad SMARTS) is 1. The fraction of sp³-hybridized carbons (Fsp3) is 0.320. The molecule has 0 bridgehead atoms. The number of amides is 1. The van der Waals surface area contributed by atoms with E-state index in [1.54, 1.807) is 54.7 Å². The SMILES string of the molecule is NCc1ccc(F)cc1.O=C(NCc1ccc(F)cc1)c1cnc(N2CC3CC3C2)nc1NCc1ccc(CO)c(Cl)c1.O=C(O)c1cnc(N2CC3CC3C2)nc1NCc1ccc(CO)c(Cl)c1. The van der Waals surface area contributed by atoms with E-state index in [1.165, 1.54) is 43.3 Å². The van der Waals surface area contributed by atoms with Crippen molar-refractivity contribution in [2.24, 2.45) is 29.4 Å². The van der Waals surface area contributed by atoms with E-state index in [2.05, 4.69) is 45.7 Å². The van der Waals surface area contributed by atoms with Crippen LogP contribution in [0, 0.1) is 35.3 Å². The number of nitrogens with zero attached hydrogens (tertiary/aromatic N) is 6. The van der Waals surface area contributed by atoms with Gasteiger partial charge in [-0.2, -0.15) is 9.97 Å². The predicted octanol–water partition coefficient (Wildman–Crippen LogP) is 7.43. The standard InChI is InChI=1S/C25H25ClFN5O2.C18H19ClN4O3.C7H8FN/c26-22-7-16(1-4-17(22)14-33)10-28-23-21(24(34)29-9-15-2-5-20(27)6-3-15)11-30-25(31-23)32-12-18-8-19(18)13-32;19-15-3-10(1-2-11(15)9-24)5-20-16-14(17(25)26)6-21-18(22-16)23-7-12-4-13(12)8-23;8-7-3-1-6(5-9)2-4-7/h1-7,11,18-19,33H,8-10,12-14H2,(H,29,34)(H,28,30,31);1-3,6,12-13,24H,4-5,7-9H2,(H,25,26)(H,20,21,22);1-4H,5,9H2. The summed E-state index contributed by atoms with van der Waals surface area (Å²) >= 11 is 12.3. The quantitative estimate of drug-likeness (QED) is 0.0533. The zero-order valence-corrected chi connectivity index (χ0v) is 39.0. The van der Waals surface area contributed by atoms with Crippen molar-refractivity contribution in [2.75, 3.05) is 46.6 Å². The molecule has 2 aromatic heterocycles. The summed E-state index contributed by atoms with van der Waals surface area (Å²) < 4.78 is 25.3. The van der Waals surface area contributed by atoms with Crippen LogP contribution in [0.1, 0.15) is 66.9 Å². The molecule has 4 aliphatic rings. The van der Waals surface area contributed by atoms with Crippen molar-refractivity contribution in [2.45, 2.75) is 52.2 Å². The number of benzene rings is 4. The fourth-order valence-electron chi connectivity index (χ4n) is 8.29. The van der Waals surface area contributed by atoms with Crippen LogP contribution in [0.15, 0.2) is 97.3 Å². The van der Waals surface area contributed by atoms with Crippen molar-refractivity contribution in [3.8, 4) is 0 Å². The third kappa shape index (κ3) is 12.8. The highest BCUT2D eigenvalue weighted by Gasteiger charge is 2.46. The lowest BCUT2D eigenvalue weighted by atomic mass is 10.1. The number of nitrogens with two attached hydrogens (primary N) is 1. The Kier molecular flexibility index (Phi) is 15.8. The summed E-state index contributed by atoms with van der Waals surface area (Å²) in [5, 5.41) is 38.1. The molecule has 4 unspecified atom stereocenters. The molecule has 15 nitrogen and oxygen atoms in total. The number of anilines is 4. The molecule has 2 saturated carbocycles. The van der Waals surface area contributed by atoms with Crippen LogP contribution in [0.25, 0.3) is 0 Å². The molecule has 69 heavy (non-hydrogen) atoms. The first-order valence-corrected chi connectivity index (χ1v) is 23.3. The van der Waals surface area contributed by atoms with Crippen molar-refractivity contribution in [3.05, 3.63) is 164 Å². The van der Waals surface area contributed by atoms with Crippen molar-refractivity contribution >= 4 is 58.6 Å². The van der Waals surface area contributed by atoms with Crippen molar-refractivity contribution < 1.29 is 33.7 Å². The number of fused-ring (bicyclic) bond motifs is 2. The molecule has 0 spiro atoms. The maximum Gasteiger partial charge on any atom is 0.341 e. The first-order valence-electron chi connectivity index (χ1n) is 22.6. The third-order valence-corrected chi connectivity index (χ3v) is 13.3. The smallest absolute Gasteiger partial charge is 0.341 e. The van der Waals surface area contributed by atoms with E-state index < -0.39 is 5.97 Å². The first kappa shape index (κ1) is 48.9. The molecule has 2 aliphatic carbocycles. The lowest BCUT2D eigenvalue weighted by Gasteiger charge is -2.20. The number of hydrogen-bond acceptors (Lipinski definition) is 13. The van der Waals surface area contributed by atoms with E-state index in [1.807, 2.05) is 12.1 Å². The molecule has 2 aliphatic heterocycles. The molecule has 4 heterocycles. The van der Waals surface area contributed by atoms with Crippen LogP contribution >= 0.6 is 23.2 Å². The molecule has 0 radical (unpaired) electrons. The molecule has 6 aromatic rings. The van der Waals surface area contributed by atoms with Gasteiger partial charge in [-0.25, -0.2) is 23.5 Å². The van der Waals surface area contributed by atoms with Gasteiger partial charge in [-0.1, -0.05) is 71.7 Å². The number of aromatic nitrogens is 4. The molecule has 10 rings (SSSR count). The number of aromatic carboxylic acids is 1. The summed E-state index contributed by atoms with van der Waals surface area (Å²) in [7, 11) is 0. The lowest BCUT2D eigenvalue weighted by molar-refractivity contribution is 0.0696. The maximum atomic E-state index is 13.2. The van der Waals surface area contributed by atoms with Gasteiger partial charge in [0, 0.05) is 74.8 Å². The van der Waals surface area contributed by atoms with E-state index in [4.69, 9.17) is 28.9 Å². The van der Waals surface area contributed by atoms with Gasteiger partial charge in [0.15, 0.2) is 0 Å². The monoisotopic (exact) mass is 980 g/mol. The molecule has 1 amide bonds. The van der Waals surface area contributed by atoms with E-state index in [0.717, 1.165) is 72.1 Å². The van der Waals surface area contributed by atoms with Crippen molar-refractivity contribution in [1.82, 2.24) is 25.3 Å². The van der Waals surface area contributed by atoms with Crippen LogP contribution in [0.2, 0.25) is 10.0 Å². The van der Waals surface area contributed by atoms with Crippen LogP contribution in [0.5, 0.6) is 0 Å². The van der Waals surface area contributed by atoms with Crippen LogP contribution in [0.3, 0.4) is 0 Å². The Morgan fingerprint density at radius 1 is 0.623 bits per heavy atom. The minimum atomic E-state index is -1.07. The van der Waals surface area contributed by atoms with Gasteiger partial charge >= 0.3 is 5.97 Å². The second-order valence-electron chi connectivity index (χ2n) is 17.5. The van der Waals surface area contributed by atoms with Crippen LogP contribution < -0.4 is 31.5 Å². The highest BCUT2D eigenvalue weighted by Crippen LogP contribution is 2.46. The van der Waals surface area contributed by atoms with Gasteiger partial charge in [-0.05, 0) is 106 Å². The second-order valence-corrected chi connectivity index (χ2v) is 18.3. The predicted molar refractivity (Wildman–Crippen MR) is 260 cm³/mol. The molecule has 360 valence electrons. The Morgan fingerprint density at radius 3 is 1.46 bits per heavy atom. The van der Waals surface area contributed by atoms with Crippen LogP contribution in [-0.4, -0.2) is 73.3 Å². The Bertz CT molecular complexity index is 2760. The van der Waals surface area contributed by atoms with Gasteiger partial charge < -0.3 is 46.8 Å². The lowest BCUT2D eigenvalue weighted by Crippen LogP contribution is -2.27. The molecule has 4 aromatic carbocycles. The zero-order chi connectivity index (χ0) is 48.6. The normalized spacial score (nSPS) is 18.2. The molecule has 19 heteroatoms. The highest BCUT2D eigenvalue weighted by molar-refractivity contribution is 6.31. The van der Waals surface area contributed by atoms with Gasteiger partial charge in [0.1, 0.15) is 34.4 Å². The molecule has 4 fully saturated rings. The molecular weight excluding hydrogens is 930 g/mol. The van der Waals surface area contributed by atoms with Crippen molar-refractivity contribution in [1.29, 1.82) is 0 Å². The summed E-state index contributed by atoms with van der Waals surface area (Å²) in [6.45, 7) is 5.01. The topological polar surface area (TPSA) is 215 Å². The summed E-state index contributed by atoms with van der Waals surface area (Å²) in [5.41, 5.74) is 10.5. The number of hydrogen-bond donors (Lipinski definition) is 7. The number of piperidine rings is 2. The first-order chi connectivity index (χ1) is 33.4. The minimum Gasteiger partial charge on any atom is -0.477 e. The van der Waals surface area contributed by atoms with Crippen LogP contribution in [0.4, 0.5) is 32.3 Å². The zero-order valence-electron chi connectivity index (χ0n) is 37.5. The molecule has 4 atom stereocenters. The van der Waals surface area contributed by atoms with E-state index in [9.17, 15) is 33.7 Å². The number of aliphatic hydroxyl groups excluding tert-OH is 2. The summed E-state index contributed by atoms with van der Waals surface area (Å²) in [4.78, 5) is 46.6. The second kappa shape index (κ2) is 22.3. The number of rotatable bonds is 15. The Morgan fingerprint density at radius 2 is 1.04 bits per heavy atom. The number of nitrogens with one attached hydrogen (secondary N) is 3. The van der Waals surface area contributed by atoms with Gasteiger partial charge in [0.05, 0.1) is 13.2 Å². The van der Waals surface area contributed by atoms with E-state index in [-0.39, 0.29) is 42.9 Å². The van der Waals surface area contributed by atoms with Gasteiger partial charge in [0.25, 0.3) is 5.91 Å². The average Bonchev–Trinajstić information content (AvgIpc) is 4.20. The maximum absolute atomic E-state index is 13.2. The van der Waals surface area contributed by atoms with Gasteiger partial charge in [-0.15, -0.1) is 0 Å². The summed E-state index contributed by atoms with van der Waals surface area (Å²) in [6.07, 6.45) is 5.46. The Hall–Kier alpha value is -6.50. The van der Waals surface area contributed by atoms with E-state index >= 15 is 0 Å². The number of halogens is 4. The largest absolute Gasteiger partial charge is 0.477 e. The summed E-state index contributed by atoms with van der Waals surface area (Å²) in [5.74, 6) is 2.91. The molecule has 8 N–H and O–H groups in total. The Balaban J connectivity index is 0.000000161. The number of carboxylic acids is 1. The number of carbonyl (C=O) groups is 2. The average molecular weight is 982 g/mol. The summed E-state index contributed by atoms with van der Waals surface area (Å²) in [6, 6.07) is 22.9. The van der Waals surface area contributed by atoms with Crippen molar-refractivity contribution in [3.63, 3.8) is 0 Å². The number of carbonyl (C=O) groups excluding carboxylic acids is 1. The highest BCUT2D eigenvalue weighted by atomic mass is 35.5. The third-order valence-electron chi connectivity index (χ3n) is 12.6. The van der Waals surface area contributed by atoms with E-state index in [0.29, 0.717) is 69.9 Å². The molecular formula is C50H52Cl2F2N10O5. The van der Waals surface area contributed by atoms with Gasteiger partial charge in [-0.3, -0.25) is 4.79 Å². The van der Waals surface area contributed by atoms with Gasteiger partial charge in [0.2, 0.25) is 11.9 Å². The van der Waals surface area contributed by atoms with Crippen LogP contribution in [-0.2, 0) is 39.4 Å². The minimum absolute atomic E-state index is 0.0381. The molecule has 2 saturated heterocycles. The fourth-order valence-corrected chi connectivity index (χ4v) is 8.82. The Labute approximate surface area is 407 Å².